The first-order chi connectivity index (χ1) is 7.18. The van der Waals surface area contributed by atoms with Gasteiger partial charge in [0.2, 0.25) is 9.05 Å². The van der Waals surface area contributed by atoms with Crippen LogP contribution in [0.4, 0.5) is 13.2 Å². The van der Waals surface area contributed by atoms with Crippen molar-refractivity contribution in [2.75, 3.05) is 5.75 Å². The molecule has 0 fully saturated rings. The molecule has 0 aliphatic rings. The second kappa shape index (κ2) is 4.58. The summed E-state index contributed by atoms with van der Waals surface area (Å²) in [5.74, 6) is -0.332. The Labute approximate surface area is 94.7 Å². The first-order valence-electron chi connectivity index (χ1n) is 4.13. The molecular formula is C8H7ClF3NO2S. The first-order valence-corrected chi connectivity index (χ1v) is 6.61. The van der Waals surface area contributed by atoms with E-state index in [1.165, 1.54) is 6.07 Å². The van der Waals surface area contributed by atoms with Crippen LogP contribution in [0.3, 0.4) is 0 Å². The van der Waals surface area contributed by atoms with Gasteiger partial charge in [-0.3, -0.25) is 4.98 Å². The molecule has 1 aromatic rings. The van der Waals surface area contributed by atoms with Crippen molar-refractivity contribution in [3.8, 4) is 0 Å². The van der Waals surface area contributed by atoms with Crippen LogP contribution >= 0.6 is 10.7 Å². The van der Waals surface area contributed by atoms with Crippen molar-refractivity contribution < 1.29 is 21.6 Å². The molecule has 1 rings (SSSR count). The number of halogens is 4. The van der Waals surface area contributed by atoms with Crippen molar-refractivity contribution in [1.82, 2.24) is 4.98 Å². The molecule has 0 aromatic carbocycles. The number of hydrogen-bond donors (Lipinski definition) is 0. The van der Waals surface area contributed by atoms with Gasteiger partial charge in [0.25, 0.3) is 0 Å². The SMILES string of the molecule is O=S(=O)(Cl)CCc1ccc(C(F)(F)F)nc1. The minimum absolute atomic E-state index is 0.0387. The maximum Gasteiger partial charge on any atom is 0.433 e. The van der Waals surface area contributed by atoms with E-state index in [4.69, 9.17) is 10.7 Å². The van der Waals surface area contributed by atoms with E-state index < -0.39 is 20.9 Å². The van der Waals surface area contributed by atoms with Crippen LogP contribution in [0.1, 0.15) is 11.3 Å². The molecule has 16 heavy (non-hydrogen) atoms. The van der Waals surface area contributed by atoms with Crippen molar-refractivity contribution in [3.05, 3.63) is 29.6 Å². The Balaban J connectivity index is 2.73. The summed E-state index contributed by atoms with van der Waals surface area (Å²) in [6.45, 7) is 0. The van der Waals surface area contributed by atoms with Gasteiger partial charge in [-0.25, -0.2) is 8.42 Å². The Kier molecular flexibility index (Phi) is 3.80. The Morgan fingerprint density at radius 3 is 2.31 bits per heavy atom. The minimum Gasteiger partial charge on any atom is -0.252 e. The van der Waals surface area contributed by atoms with Crippen LogP contribution in [0.2, 0.25) is 0 Å². The summed E-state index contributed by atoms with van der Waals surface area (Å²) in [4.78, 5) is 3.19. The third-order valence-electron chi connectivity index (χ3n) is 1.75. The van der Waals surface area contributed by atoms with E-state index in [2.05, 4.69) is 4.98 Å². The summed E-state index contributed by atoms with van der Waals surface area (Å²) in [5, 5.41) is 0. The second-order valence-electron chi connectivity index (χ2n) is 3.04. The number of pyridine rings is 1. The van der Waals surface area contributed by atoms with Crippen molar-refractivity contribution in [2.24, 2.45) is 0 Å². The average molecular weight is 274 g/mol. The summed E-state index contributed by atoms with van der Waals surface area (Å²) in [5.41, 5.74) is -0.623. The summed E-state index contributed by atoms with van der Waals surface area (Å²) < 4.78 is 57.5. The molecule has 1 aromatic heterocycles. The highest BCUT2D eigenvalue weighted by molar-refractivity contribution is 8.13. The van der Waals surface area contributed by atoms with Gasteiger partial charge < -0.3 is 0 Å². The third kappa shape index (κ3) is 4.36. The maximum absolute atomic E-state index is 12.1. The molecule has 0 amide bonds. The fourth-order valence-corrected chi connectivity index (χ4v) is 1.69. The van der Waals surface area contributed by atoms with Gasteiger partial charge >= 0.3 is 6.18 Å². The maximum atomic E-state index is 12.1. The summed E-state index contributed by atoms with van der Waals surface area (Å²) in [7, 11) is 1.32. The second-order valence-corrected chi connectivity index (χ2v) is 5.94. The number of aromatic nitrogens is 1. The zero-order valence-electron chi connectivity index (χ0n) is 7.83. The lowest BCUT2D eigenvalue weighted by atomic mass is 10.2. The van der Waals surface area contributed by atoms with Gasteiger partial charge in [-0.2, -0.15) is 13.2 Å². The molecule has 0 saturated heterocycles. The van der Waals surface area contributed by atoms with Gasteiger partial charge in [-0.15, -0.1) is 0 Å². The highest BCUT2D eigenvalue weighted by Gasteiger charge is 2.31. The fraction of sp³-hybridized carbons (Fsp3) is 0.375. The Hall–Kier alpha value is -0.820. The zero-order chi connectivity index (χ0) is 12.4. The lowest BCUT2D eigenvalue weighted by Crippen LogP contribution is -2.08. The predicted molar refractivity (Wildman–Crippen MR) is 52.6 cm³/mol. The number of rotatable bonds is 3. The molecule has 0 atom stereocenters. The van der Waals surface area contributed by atoms with Crippen molar-refractivity contribution >= 4 is 19.7 Å². The van der Waals surface area contributed by atoms with E-state index in [1.807, 2.05) is 0 Å². The zero-order valence-corrected chi connectivity index (χ0v) is 9.40. The van der Waals surface area contributed by atoms with Crippen LogP contribution < -0.4 is 0 Å². The summed E-state index contributed by atoms with van der Waals surface area (Å²) in [6.07, 6.45) is -3.46. The molecule has 0 saturated carbocycles. The normalized spacial score (nSPS) is 12.8. The molecule has 3 nitrogen and oxygen atoms in total. The fourth-order valence-electron chi connectivity index (χ4n) is 0.980. The van der Waals surface area contributed by atoms with Crippen LogP contribution in [-0.2, 0) is 21.6 Å². The number of aryl methyl sites for hydroxylation is 1. The molecule has 0 aliphatic heterocycles. The van der Waals surface area contributed by atoms with E-state index in [0.29, 0.717) is 5.56 Å². The highest BCUT2D eigenvalue weighted by Crippen LogP contribution is 2.27. The Bertz CT molecular complexity index is 455. The average Bonchev–Trinajstić information content (AvgIpc) is 2.13. The standard InChI is InChI=1S/C8H7ClF3NO2S/c9-16(14,15)4-3-6-1-2-7(13-5-6)8(10,11)12/h1-2,5H,3-4H2. The molecule has 1 heterocycles. The van der Waals surface area contributed by atoms with Crippen molar-refractivity contribution in [1.29, 1.82) is 0 Å². The van der Waals surface area contributed by atoms with Crippen molar-refractivity contribution in [2.45, 2.75) is 12.6 Å². The van der Waals surface area contributed by atoms with E-state index in [0.717, 1.165) is 12.3 Å². The molecule has 0 N–H and O–H groups in total. The lowest BCUT2D eigenvalue weighted by Gasteiger charge is -2.05. The molecule has 0 unspecified atom stereocenters. The number of hydrogen-bond acceptors (Lipinski definition) is 3. The van der Waals surface area contributed by atoms with E-state index in [-0.39, 0.29) is 12.2 Å². The van der Waals surface area contributed by atoms with Gasteiger partial charge in [0.1, 0.15) is 5.69 Å². The summed E-state index contributed by atoms with van der Waals surface area (Å²) in [6, 6.07) is 1.98. The van der Waals surface area contributed by atoms with E-state index in [1.54, 1.807) is 0 Å². The molecule has 0 spiro atoms. The van der Waals surface area contributed by atoms with Gasteiger partial charge in [0, 0.05) is 16.9 Å². The van der Waals surface area contributed by atoms with E-state index in [9.17, 15) is 21.6 Å². The van der Waals surface area contributed by atoms with Crippen molar-refractivity contribution in [3.63, 3.8) is 0 Å². The van der Waals surface area contributed by atoms with Crippen LogP contribution in [0.15, 0.2) is 18.3 Å². The molecule has 90 valence electrons. The van der Waals surface area contributed by atoms with Gasteiger partial charge in [0.05, 0.1) is 5.75 Å². The van der Waals surface area contributed by atoms with Crippen LogP contribution in [0.25, 0.3) is 0 Å². The summed E-state index contributed by atoms with van der Waals surface area (Å²) >= 11 is 0. The number of alkyl halides is 3. The van der Waals surface area contributed by atoms with Crippen LogP contribution in [0.5, 0.6) is 0 Å². The smallest absolute Gasteiger partial charge is 0.252 e. The molecule has 8 heteroatoms. The third-order valence-corrected chi connectivity index (χ3v) is 2.90. The molecular weight excluding hydrogens is 267 g/mol. The van der Waals surface area contributed by atoms with Crippen LogP contribution in [-0.4, -0.2) is 19.2 Å². The predicted octanol–water partition coefficient (Wildman–Crippen LogP) is 2.21. The van der Waals surface area contributed by atoms with Gasteiger partial charge in [-0.05, 0) is 18.1 Å². The quantitative estimate of drug-likeness (QED) is 0.793. The Morgan fingerprint density at radius 2 is 1.94 bits per heavy atom. The lowest BCUT2D eigenvalue weighted by molar-refractivity contribution is -0.141. The van der Waals surface area contributed by atoms with Gasteiger partial charge in [0.15, 0.2) is 0 Å². The van der Waals surface area contributed by atoms with Gasteiger partial charge in [-0.1, -0.05) is 6.07 Å². The Morgan fingerprint density at radius 1 is 1.31 bits per heavy atom. The van der Waals surface area contributed by atoms with E-state index >= 15 is 0 Å². The largest absolute Gasteiger partial charge is 0.433 e. The van der Waals surface area contributed by atoms with Crippen LogP contribution in [0, 0.1) is 0 Å². The monoisotopic (exact) mass is 273 g/mol. The first kappa shape index (κ1) is 13.2. The topological polar surface area (TPSA) is 47.0 Å². The molecule has 0 aliphatic carbocycles. The minimum atomic E-state index is -4.49. The molecule has 0 bridgehead atoms. The number of nitrogens with zero attached hydrogens (tertiary/aromatic N) is 1. The molecule has 0 radical (unpaired) electrons. The highest BCUT2D eigenvalue weighted by atomic mass is 35.7.